The molecule has 0 radical (unpaired) electrons. The number of nitrogens with two attached hydrogens (primary N) is 1. The molecule has 3 rings (SSSR count). The Morgan fingerprint density at radius 3 is 2.83 bits per heavy atom. The molecule has 3 aromatic heterocycles. The Balaban J connectivity index is 2.33. The van der Waals surface area contributed by atoms with E-state index in [1.54, 1.807) is 18.5 Å². The van der Waals surface area contributed by atoms with E-state index in [0.29, 0.717) is 27.8 Å². The first-order valence-corrected chi connectivity index (χ1v) is 5.22. The molecule has 2 N–H and O–H groups in total. The summed E-state index contributed by atoms with van der Waals surface area (Å²) in [6.45, 7) is 0. The zero-order valence-electron chi connectivity index (χ0n) is 9.21. The normalized spacial score (nSPS) is 10.7. The van der Waals surface area contributed by atoms with Gasteiger partial charge in [-0.3, -0.25) is 0 Å². The molecule has 88 valence electrons. The maximum atomic E-state index is 13.1. The van der Waals surface area contributed by atoms with Crippen molar-refractivity contribution in [1.29, 1.82) is 0 Å². The second-order valence-corrected chi connectivity index (χ2v) is 3.71. The van der Waals surface area contributed by atoms with Crippen LogP contribution in [0.3, 0.4) is 0 Å². The number of rotatable bonds is 1. The van der Waals surface area contributed by atoms with Crippen LogP contribution < -0.4 is 5.73 Å². The highest BCUT2D eigenvalue weighted by Crippen LogP contribution is 2.28. The molecule has 6 heteroatoms. The van der Waals surface area contributed by atoms with Gasteiger partial charge in [0.1, 0.15) is 12.1 Å². The first-order chi connectivity index (χ1) is 8.75. The van der Waals surface area contributed by atoms with Gasteiger partial charge < -0.3 is 5.73 Å². The van der Waals surface area contributed by atoms with Crippen molar-refractivity contribution in [3.8, 4) is 11.1 Å². The topological polar surface area (TPSA) is 77.6 Å². The average molecular weight is 241 g/mol. The predicted octanol–water partition coefficient (Wildman–Crippen LogP) is 1.81. The molecule has 0 aliphatic rings. The zero-order valence-corrected chi connectivity index (χ0v) is 9.21. The van der Waals surface area contributed by atoms with Crippen molar-refractivity contribution in [2.45, 2.75) is 0 Å². The van der Waals surface area contributed by atoms with Crippen LogP contribution in [-0.2, 0) is 0 Å². The number of aromatic nitrogens is 4. The van der Waals surface area contributed by atoms with Crippen molar-refractivity contribution >= 4 is 16.7 Å². The van der Waals surface area contributed by atoms with E-state index in [2.05, 4.69) is 19.9 Å². The average Bonchev–Trinajstić information content (AvgIpc) is 2.39. The fourth-order valence-corrected chi connectivity index (χ4v) is 1.78. The second kappa shape index (κ2) is 3.99. The van der Waals surface area contributed by atoms with Crippen LogP contribution in [-0.4, -0.2) is 19.9 Å². The molecule has 0 unspecified atom stereocenters. The van der Waals surface area contributed by atoms with Gasteiger partial charge in [-0.1, -0.05) is 0 Å². The zero-order chi connectivity index (χ0) is 12.5. The van der Waals surface area contributed by atoms with Gasteiger partial charge in [0.05, 0.1) is 10.9 Å². The van der Waals surface area contributed by atoms with Gasteiger partial charge in [0.25, 0.3) is 0 Å². The van der Waals surface area contributed by atoms with Gasteiger partial charge in [0.15, 0.2) is 0 Å². The fourth-order valence-electron chi connectivity index (χ4n) is 1.78. The molecule has 18 heavy (non-hydrogen) atoms. The van der Waals surface area contributed by atoms with Crippen molar-refractivity contribution in [3.63, 3.8) is 0 Å². The van der Waals surface area contributed by atoms with Crippen LogP contribution in [0.4, 0.5) is 10.2 Å². The molecule has 0 saturated heterocycles. The Labute approximate surface area is 102 Å². The number of nitrogens with zero attached hydrogens (tertiary/aromatic N) is 4. The molecule has 0 aliphatic heterocycles. The summed E-state index contributed by atoms with van der Waals surface area (Å²) in [5, 5.41) is 0.646. The Morgan fingerprint density at radius 2 is 2.00 bits per heavy atom. The van der Waals surface area contributed by atoms with E-state index in [9.17, 15) is 4.39 Å². The minimum atomic E-state index is -0.550. The number of halogens is 1. The van der Waals surface area contributed by atoms with E-state index in [4.69, 9.17) is 5.73 Å². The van der Waals surface area contributed by atoms with Crippen LogP contribution >= 0.6 is 0 Å². The summed E-state index contributed by atoms with van der Waals surface area (Å²) in [6, 6.07) is 3.02. The molecule has 0 bridgehead atoms. The molecule has 0 aliphatic carbocycles. The minimum absolute atomic E-state index is 0.351. The fraction of sp³-hybridized carbons (Fsp3) is 0. The lowest BCUT2D eigenvalue weighted by Gasteiger charge is -2.06. The molecule has 0 fully saturated rings. The summed E-state index contributed by atoms with van der Waals surface area (Å²) in [5.74, 6) is -0.199. The molecular weight excluding hydrogens is 233 g/mol. The van der Waals surface area contributed by atoms with Gasteiger partial charge in [-0.15, -0.1) is 0 Å². The summed E-state index contributed by atoms with van der Waals surface area (Å²) in [4.78, 5) is 15.7. The Kier molecular flexibility index (Phi) is 2.33. The van der Waals surface area contributed by atoms with Crippen molar-refractivity contribution in [2.75, 3.05) is 5.73 Å². The number of hydrogen-bond donors (Lipinski definition) is 1. The largest absolute Gasteiger partial charge is 0.383 e. The Bertz CT molecular complexity index is 728. The molecule has 0 amide bonds. The third-order valence-electron chi connectivity index (χ3n) is 2.61. The van der Waals surface area contributed by atoms with Crippen LogP contribution in [0.25, 0.3) is 22.0 Å². The summed E-state index contributed by atoms with van der Waals surface area (Å²) < 4.78 is 13.1. The lowest BCUT2D eigenvalue weighted by Crippen LogP contribution is -1.96. The number of pyridine rings is 2. The van der Waals surface area contributed by atoms with Crippen molar-refractivity contribution in [3.05, 3.63) is 43.0 Å². The van der Waals surface area contributed by atoms with Gasteiger partial charge >= 0.3 is 0 Å². The quantitative estimate of drug-likeness (QED) is 0.657. The van der Waals surface area contributed by atoms with Crippen molar-refractivity contribution < 1.29 is 4.39 Å². The first kappa shape index (κ1) is 10.5. The van der Waals surface area contributed by atoms with Crippen LogP contribution in [0.2, 0.25) is 0 Å². The minimum Gasteiger partial charge on any atom is -0.383 e. The van der Waals surface area contributed by atoms with Crippen LogP contribution in [0.15, 0.2) is 37.1 Å². The van der Waals surface area contributed by atoms with Crippen LogP contribution in [0, 0.1) is 5.95 Å². The van der Waals surface area contributed by atoms with E-state index < -0.39 is 5.95 Å². The van der Waals surface area contributed by atoms with E-state index >= 15 is 0 Å². The van der Waals surface area contributed by atoms with Crippen LogP contribution in [0.5, 0.6) is 0 Å². The van der Waals surface area contributed by atoms with Gasteiger partial charge in [-0.2, -0.15) is 4.39 Å². The van der Waals surface area contributed by atoms with Crippen molar-refractivity contribution in [1.82, 2.24) is 19.9 Å². The van der Waals surface area contributed by atoms with Gasteiger partial charge in [0, 0.05) is 30.2 Å². The SMILES string of the molecule is Nc1ncc(-c2ccnc(F)c2)c2ncncc12. The third kappa shape index (κ3) is 1.64. The highest BCUT2D eigenvalue weighted by Gasteiger charge is 2.09. The molecule has 3 heterocycles. The van der Waals surface area contributed by atoms with Gasteiger partial charge in [0.2, 0.25) is 5.95 Å². The number of hydrogen-bond acceptors (Lipinski definition) is 5. The smallest absolute Gasteiger partial charge is 0.213 e. The Morgan fingerprint density at radius 1 is 1.11 bits per heavy atom. The Hall–Kier alpha value is -2.63. The van der Waals surface area contributed by atoms with Gasteiger partial charge in [-0.05, 0) is 11.6 Å². The van der Waals surface area contributed by atoms with E-state index in [0.717, 1.165) is 0 Å². The summed E-state index contributed by atoms with van der Waals surface area (Å²) in [5.41, 5.74) is 7.75. The van der Waals surface area contributed by atoms with Crippen molar-refractivity contribution in [2.24, 2.45) is 0 Å². The standard InChI is InChI=1S/C12H8FN5/c13-10-3-7(1-2-16-10)8-5-17-12(14)9-4-15-6-18-11(8)9/h1-6H,(H2,14,17). The maximum Gasteiger partial charge on any atom is 0.213 e. The maximum absolute atomic E-state index is 13.1. The lowest BCUT2D eigenvalue weighted by molar-refractivity contribution is 0.584. The third-order valence-corrected chi connectivity index (χ3v) is 2.61. The first-order valence-electron chi connectivity index (χ1n) is 5.22. The molecule has 3 aromatic rings. The van der Waals surface area contributed by atoms with E-state index in [-0.39, 0.29) is 0 Å². The number of nitrogen functional groups attached to an aromatic ring is 1. The van der Waals surface area contributed by atoms with Crippen LogP contribution in [0.1, 0.15) is 0 Å². The number of anilines is 1. The molecule has 5 nitrogen and oxygen atoms in total. The molecule has 0 spiro atoms. The molecule has 0 atom stereocenters. The molecule has 0 saturated carbocycles. The highest BCUT2D eigenvalue weighted by molar-refractivity contribution is 5.97. The monoisotopic (exact) mass is 241 g/mol. The highest BCUT2D eigenvalue weighted by atomic mass is 19.1. The molecular formula is C12H8FN5. The molecule has 0 aromatic carbocycles. The lowest BCUT2D eigenvalue weighted by atomic mass is 10.1. The number of fused-ring (bicyclic) bond motifs is 1. The summed E-state index contributed by atoms with van der Waals surface area (Å²) >= 11 is 0. The van der Waals surface area contributed by atoms with E-state index in [1.807, 2.05) is 0 Å². The second-order valence-electron chi connectivity index (χ2n) is 3.71. The predicted molar refractivity (Wildman–Crippen MR) is 64.9 cm³/mol. The summed E-state index contributed by atoms with van der Waals surface area (Å²) in [7, 11) is 0. The van der Waals surface area contributed by atoms with Gasteiger partial charge in [-0.25, -0.2) is 19.9 Å². The van der Waals surface area contributed by atoms with E-state index in [1.165, 1.54) is 18.6 Å². The summed E-state index contributed by atoms with van der Waals surface area (Å²) in [6.07, 6.45) is 5.97.